The molecule has 0 amide bonds. The fraction of sp³-hybridized carbons (Fsp3) is 0.125. The second-order valence-electron chi connectivity index (χ2n) is 9.73. The summed E-state index contributed by atoms with van der Waals surface area (Å²) < 4.78 is 6.03. The fourth-order valence-electron chi connectivity index (χ4n) is 4.59. The molecular weight excluding hydrogens is 621 g/mol. The van der Waals surface area contributed by atoms with Crippen LogP contribution in [0.25, 0.3) is 54.9 Å². The van der Waals surface area contributed by atoms with Crippen LogP contribution in [0.1, 0.15) is 26.3 Å². The van der Waals surface area contributed by atoms with Crippen LogP contribution in [0.2, 0.25) is 0 Å². The Morgan fingerprint density at radius 3 is 2.33 bits per heavy atom. The molecule has 3 nitrogen and oxygen atoms in total. The van der Waals surface area contributed by atoms with Crippen LogP contribution in [0.15, 0.2) is 95.7 Å². The van der Waals surface area contributed by atoms with E-state index in [1.165, 1.54) is 21.7 Å². The molecule has 0 aliphatic rings. The van der Waals surface area contributed by atoms with Crippen LogP contribution in [0.3, 0.4) is 0 Å². The van der Waals surface area contributed by atoms with Gasteiger partial charge < -0.3 is 14.4 Å². The van der Waals surface area contributed by atoms with Gasteiger partial charge in [-0.1, -0.05) is 50.4 Å². The van der Waals surface area contributed by atoms with E-state index >= 15 is 0 Å². The second kappa shape index (κ2) is 9.46. The molecule has 3 aromatic heterocycles. The minimum Gasteiger partial charge on any atom is -0.457 e. The Hall–Kier alpha value is -3.59. The van der Waals surface area contributed by atoms with Gasteiger partial charge in [-0.25, -0.2) is 0 Å². The van der Waals surface area contributed by atoms with Crippen molar-refractivity contribution in [3.05, 3.63) is 109 Å². The van der Waals surface area contributed by atoms with Crippen molar-refractivity contribution in [2.45, 2.75) is 26.2 Å². The normalized spacial score (nSPS) is 11.5. The molecule has 0 atom stereocenters. The number of rotatable bonds is 1. The minimum atomic E-state index is 0. The van der Waals surface area contributed by atoms with Crippen LogP contribution in [0.4, 0.5) is 0 Å². The van der Waals surface area contributed by atoms with Gasteiger partial charge in [0.2, 0.25) is 0 Å². The van der Waals surface area contributed by atoms with Gasteiger partial charge in [0.25, 0.3) is 0 Å². The second-order valence-corrected chi connectivity index (χ2v) is 9.73. The Balaban J connectivity index is 0.000000175. The molecule has 4 heteroatoms. The smallest absolute Gasteiger partial charge is 0.134 e. The van der Waals surface area contributed by atoms with E-state index in [-0.39, 0.29) is 25.5 Å². The SMILES string of the molecule is CC(C)(C)c1c[c-]c2c(c1)c1cccc3oc4ccnc2c4c31.[Ir].[c-]1ccccc1-c1ccccn1. The summed E-state index contributed by atoms with van der Waals surface area (Å²) in [5.74, 6) is 0. The van der Waals surface area contributed by atoms with Crippen LogP contribution in [0.5, 0.6) is 0 Å². The van der Waals surface area contributed by atoms with E-state index in [2.05, 4.69) is 67.1 Å². The van der Waals surface area contributed by atoms with Crippen LogP contribution in [-0.4, -0.2) is 9.97 Å². The van der Waals surface area contributed by atoms with E-state index in [1.54, 1.807) is 6.20 Å². The van der Waals surface area contributed by atoms with Crippen molar-refractivity contribution in [1.29, 1.82) is 0 Å². The average molecular weight is 645 g/mol. The summed E-state index contributed by atoms with van der Waals surface area (Å²) in [6.07, 6.45) is 3.61. The van der Waals surface area contributed by atoms with Gasteiger partial charge in [0, 0.05) is 48.8 Å². The minimum absolute atomic E-state index is 0. The average Bonchev–Trinajstić information content (AvgIpc) is 3.28. The summed E-state index contributed by atoms with van der Waals surface area (Å²) in [6.45, 7) is 6.69. The molecule has 1 radical (unpaired) electrons. The summed E-state index contributed by atoms with van der Waals surface area (Å²) in [5.41, 5.74) is 6.20. The van der Waals surface area contributed by atoms with E-state index < -0.39 is 0 Å². The topological polar surface area (TPSA) is 38.9 Å². The summed E-state index contributed by atoms with van der Waals surface area (Å²) >= 11 is 0. The molecule has 0 unspecified atom stereocenters. The molecule has 0 saturated heterocycles. The van der Waals surface area contributed by atoms with Crippen molar-refractivity contribution in [2.24, 2.45) is 0 Å². The third-order valence-electron chi connectivity index (χ3n) is 6.39. The zero-order chi connectivity index (χ0) is 24.0. The Labute approximate surface area is 223 Å². The number of hydrogen-bond donors (Lipinski definition) is 0. The molecular formula is C32H24IrN2O-2. The molecule has 0 bridgehead atoms. The number of nitrogens with zero attached hydrogens (tertiary/aromatic N) is 2. The van der Waals surface area contributed by atoms with Crippen LogP contribution < -0.4 is 0 Å². The molecule has 0 N–H and O–H groups in total. The maximum absolute atomic E-state index is 6.03. The van der Waals surface area contributed by atoms with E-state index in [1.807, 2.05) is 60.8 Å². The Morgan fingerprint density at radius 2 is 1.58 bits per heavy atom. The predicted molar refractivity (Wildman–Crippen MR) is 144 cm³/mol. The molecule has 0 saturated carbocycles. The summed E-state index contributed by atoms with van der Waals surface area (Å²) in [5, 5.41) is 5.80. The van der Waals surface area contributed by atoms with Crippen molar-refractivity contribution >= 4 is 43.6 Å². The first-order valence-electron chi connectivity index (χ1n) is 11.8. The molecule has 0 spiro atoms. The molecule has 4 aromatic carbocycles. The first-order valence-corrected chi connectivity index (χ1v) is 11.8. The first kappa shape index (κ1) is 24.1. The molecule has 7 aromatic rings. The molecule has 0 aliphatic heterocycles. The zero-order valence-corrected chi connectivity index (χ0v) is 22.7. The summed E-state index contributed by atoms with van der Waals surface area (Å²) in [4.78, 5) is 8.85. The first-order chi connectivity index (χ1) is 17.0. The van der Waals surface area contributed by atoms with E-state index in [0.717, 1.165) is 38.7 Å². The molecule has 36 heavy (non-hydrogen) atoms. The van der Waals surface area contributed by atoms with Gasteiger partial charge in [0.15, 0.2) is 0 Å². The summed E-state index contributed by atoms with van der Waals surface area (Å²) in [6, 6.07) is 32.9. The zero-order valence-electron chi connectivity index (χ0n) is 20.3. The number of benzene rings is 4. The number of aromatic nitrogens is 2. The van der Waals surface area contributed by atoms with Gasteiger partial charge in [0.1, 0.15) is 11.2 Å². The molecule has 7 rings (SSSR count). The van der Waals surface area contributed by atoms with Crippen molar-refractivity contribution < 1.29 is 24.5 Å². The van der Waals surface area contributed by atoms with Gasteiger partial charge in [-0.2, -0.15) is 0 Å². The van der Waals surface area contributed by atoms with E-state index in [0.29, 0.717) is 0 Å². The molecule has 179 valence electrons. The van der Waals surface area contributed by atoms with Gasteiger partial charge in [-0.05, 0) is 34.7 Å². The monoisotopic (exact) mass is 645 g/mol. The third kappa shape index (κ3) is 4.17. The fourth-order valence-corrected chi connectivity index (χ4v) is 4.59. The van der Waals surface area contributed by atoms with Crippen molar-refractivity contribution in [1.82, 2.24) is 9.97 Å². The van der Waals surface area contributed by atoms with Crippen molar-refractivity contribution in [3.63, 3.8) is 0 Å². The largest absolute Gasteiger partial charge is 0.457 e. The Bertz CT molecular complexity index is 1730. The Kier molecular flexibility index (Phi) is 6.34. The maximum atomic E-state index is 6.03. The predicted octanol–water partition coefficient (Wildman–Crippen LogP) is 8.37. The van der Waals surface area contributed by atoms with Gasteiger partial charge >= 0.3 is 0 Å². The number of furan rings is 1. The van der Waals surface area contributed by atoms with Crippen LogP contribution in [-0.2, 0) is 25.5 Å². The van der Waals surface area contributed by atoms with E-state index in [9.17, 15) is 0 Å². The van der Waals surface area contributed by atoms with E-state index in [4.69, 9.17) is 4.42 Å². The van der Waals surface area contributed by atoms with Crippen LogP contribution in [0, 0.1) is 12.1 Å². The van der Waals surface area contributed by atoms with Gasteiger partial charge in [-0.15, -0.1) is 65.0 Å². The number of pyridine rings is 2. The quantitative estimate of drug-likeness (QED) is 0.133. The number of fused-ring (bicyclic) bond motifs is 3. The van der Waals surface area contributed by atoms with Gasteiger partial charge in [0.05, 0.1) is 0 Å². The van der Waals surface area contributed by atoms with Crippen molar-refractivity contribution in [3.8, 4) is 11.3 Å². The third-order valence-corrected chi connectivity index (χ3v) is 6.39. The molecule has 3 heterocycles. The standard InChI is InChI=1S/C21H16NO.C11H8N.Ir/c1-21(2,3)12-7-8-14-15(11-12)13-5-4-6-16-18(13)19-17(23-16)9-10-22-20(14)19;1-2-6-10(7-3-1)11-8-4-5-9-12-11;/h4-7,9-11H,1-3H3;1-6,8-9H;/q2*-1;. The molecule has 0 fully saturated rings. The number of hydrogen-bond acceptors (Lipinski definition) is 3. The van der Waals surface area contributed by atoms with Crippen LogP contribution >= 0.6 is 0 Å². The maximum Gasteiger partial charge on any atom is 0.134 e. The Morgan fingerprint density at radius 1 is 0.750 bits per heavy atom. The van der Waals surface area contributed by atoms with Crippen molar-refractivity contribution in [2.75, 3.05) is 0 Å². The molecule has 0 aliphatic carbocycles. The van der Waals surface area contributed by atoms with Gasteiger partial charge in [-0.3, -0.25) is 0 Å². The summed E-state index contributed by atoms with van der Waals surface area (Å²) in [7, 11) is 0.